The summed E-state index contributed by atoms with van der Waals surface area (Å²) in [4.78, 5) is 48.0. The smallest absolute Gasteiger partial charge is 0.0972 e. The molecule has 0 spiro atoms. The van der Waals surface area contributed by atoms with Gasteiger partial charge in [0.25, 0.3) is 0 Å². The van der Waals surface area contributed by atoms with Gasteiger partial charge in [0.05, 0.1) is 72.6 Å². The van der Waals surface area contributed by atoms with Crippen LogP contribution < -0.4 is 0 Å². The third-order valence-corrected chi connectivity index (χ3v) is 20.2. The van der Waals surface area contributed by atoms with Gasteiger partial charge in [0.2, 0.25) is 0 Å². The van der Waals surface area contributed by atoms with Gasteiger partial charge < -0.3 is 0 Å². The molecular formula is C94H56N10. The van der Waals surface area contributed by atoms with Crippen molar-refractivity contribution in [2.75, 3.05) is 0 Å². The maximum Gasteiger partial charge on any atom is 0.0972 e. The summed E-state index contributed by atoms with van der Waals surface area (Å²) in [6.45, 7) is 0. The van der Waals surface area contributed by atoms with Crippen LogP contribution in [0.3, 0.4) is 0 Å². The van der Waals surface area contributed by atoms with Crippen molar-refractivity contribution in [1.82, 2.24) is 49.8 Å². The SMILES string of the molecule is c1cc(-c2ccc3ccc(-c4ccc5nc(-c6ccc(-c7cc8cccnc8c8ncccc78)cc6)ccc5c4)cc3n2)c2cnccc2c1.c1cc(-c2ccc3ccc(-c4ccc5nc(-c6ccc7cc(-c8ccc9ccc%10cccnc%10c9n8)ccc7c6)ccc5c4)cc3n2)c2cnccc2c1. The molecular weight excluding hydrogens is 1270 g/mol. The number of benzene rings is 11. The van der Waals surface area contributed by atoms with Crippen LogP contribution in [-0.2, 0) is 0 Å². The van der Waals surface area contributed by atoms with E-state index >= 15 is 0 Å². The van der Waals surface area contributed by atoms with E-state index in [9.17, 15) is 0 Å². The highest BCUT2D eigenvalue weighted by molar-refractivity contribution is 6.11. The molecule has 0 aliphatic carbocycles. The molecule has 21 rings (SSSR count). The first-order valence-electron chi connectivity index (χ1n) is 34.7. The molecule has 10 heteroatoms. The molecule has 10 aromatic heterocycles. The quantitative estimate of drug-likeness (QED) is 0.136. The zero-order chi connectivity index (χ0) is 68.6. The predicted octanol–water partition coefficient (Wildman–Crippen LogP) is 23.3. The van der Waals surface area contributed by atoms with Gasteiger partial charge in [-0.05, 0) is 170 Å². The highest BCUT2D eigenvalue weighted by atomic mass is 14.8. The summed E-state index contributed by atoms with van der Waals surface area (Å²) >= 11 is 0. The van der Waals surface area contributed by atoms with E-state index in [0.717, 1.165) is 209 Å². The standard InChI is InChI=1S/C49H29N5.C45H27N5/c1-3-30-22-24-50-29-42(30)41(5-1)46-21-14-31-6-9-37(28-47(31)53-46)36-16-19-43-40(27-36)17-20-44(52-43)38-12-10-35-26-39(13-11-34(35)25-38)45-18-15-33-8-7-32-4-2-23-51-48(32)49(33)54-45;1-4-28-20-23-46-27-39(28)36(6-1)42-19-14-31-12-13-33(26-43(31)50-42)32-15-17-41-34(24-32)16-18-40(49-41)30-10-8-29(9-11-30)38-25-35-5-2-21-47-44(35)45-37(38)7-3-22-48-45/h1-29H;1-27H. The summed E-state index contributed by atoms with van der Waals surface area (Å²) in [6, 6.07) is 104. The lowest BCUT2D eigenvalue weighted by molar-refractivity contribution is 1.35. The molecule has 0 unspecified atom stereocenters. The largest absolute Gasteiger partial charge is 0.264 e. The summed E-state index contributed by atoms with van der Waals surface area (Å²) in [5.41, 5.74) is 24.4. The molecule has 0 aliphatic heterocycles. The molecule has 10 heterocycles. The molecule has 10 nitrogen and oxygen atoms in total. The summed E-state index contributed by atoms with van der Waals surface area (Å²) < 4.78 is 0. The normalized spacial score (nSPS) is 11.7. The van der Waals surface area contributed by atoms with E-state index < -0.39 is 0 Å². The molecule has 0 saturated carbocycles. The lowest BCUT2D eigenvalue weighted by Gasteiger charge is -2.11. The van der Waals surface area contributed by atoms with Gasteiger partial charge in [-0.25, -0.2) is 24.9 Å². The Balaban J connectivity index is 0.000000139. The van der Waals surface area contributed by atoms with E-state index in [1.807, 2.05) is 73.7 Å². The lowest BCUT2D eigenvalue weighted by atomic mass is 9.96. The van der Waals surface area contributed by atoms with E-state index in [2.05, 4.69) is 292 Å². The maximum absolute atomic E-state index is 5.11. The van der Waals surface area contributed by atoms with Gasteiger partial charge in [0.15, 0.2) is 0 Å². The zero-order valence-corrected chi connectivity index (χ0v) is 55.8. The molecule has 0 atom stereocenters. The lowest BCUT2D eigenvalue weighted by Crippen LogP contribution is -1.90. The third-order valence-electron chi connectivity index (χ3n) is 20.2. The molecule has 0 bridgehead atoms. The van der Waals surface area contributed by atoms with E-state index in [4.69, 9.17) is 24.9 Å². The van der Waals surface area contributed by atoms with Crippen LogP contribution in [0, 0.1) is 0 Å². The van der Waals surface area contributed by atoms with Crippen molar-refractivity contribution in [3.8, 4) is 89.7 Å². The summed E-state index contributed by atoms with van der Waals surface area (Å²) in [5, 5.41) is 15.6. The second kappa shape index (κ2) is 24.9. The Labute approximate surface area is 596 Å². The van der Waals surface area contributed by atoms with Crippen LogP contribution in [0.5, 0.6) is 0 Å². The summed E-state index contributed by atoms with van der Waals surface area (Å²) in [5.74, 6) is 0. The minimum atomic E-state index is 0.920. The first-order valence-corrected chi connectivity index (χ1v) is 34.7. The van der Waals surface area contributed by atoms with Gasteiger partial charge in [0.1, 0.15) is 0 Å². The number of hydrogen-bond donors (Lipinski definition) is 0. The fourth-order valence-corrected chi connectivity index (χ4v) is 14.8. The van der Waals surface area contributed by atoms with Gasteiger partial charge in [-0.3, -0.25) is 24.9 Å². The van der Waals surface area contributed by atoms with Crippen molar-refractivity contribution in [3.05, 3.63) is 341 Å². The highest BCUT2D eigenvalue weighted by Gasteiger charge is 2.16. The van der Waals surface area contributed by atoms with Gasteiger partial charge in [0, 0.05) is 125 Å². The Bertz CT molecular complexity index is 7070. The first kappa shape index (κ1) is 59.8. The minimum Gasteiger partial charge on any atom is -0.264 e. The Kier molecular flexibility index (Phi) is 14.3. The third kappa shape index (κ3) is 10.9. The Morgan fingerprint density at radius 1 is 0.173 bits per heavy atom. The van der Waals surface area contributed by atoms with Crippen LogP contribution in [0.4, 0.5) is 0 Å². The van der Waals surface area contributed by atoms with Gasteiger partial charge in [-0.15, -0.1) is 0 Å². The van der Waals surface area contributed by atoms with Crippen LogP contribution in [0.1, 0.15) is 0 Å². The van der Waals surface area contributed by atoms with Crippen molar-refractivity contribution in [2.24, 2.45) is 0 Å². The second-order valence-electron chi connectivity index (χ2n) is 26.4. The second-order valence-corrected chi connectivity index (χ2v) is 26.4. The molecule has 482 valence electrons. The van der Waals surface area contributed by atoms with Crippen molar-refractivity contribution in [2.45, 2.75) is 0 Å². The number of nitrogens with zero attached hydrogens (tertiary/aromatic N) is 10. The summed E-state index contributed by atoms with van der Waals surface area (Å²) in [6.07, 6.45) is 13.0. The van der Waals surface area contributed by atoms with Gasteiger partial charge in [-0.1, -0.05) is 182 Å². The average Bonchev–Trinajstić information content (AvgIpc) is 0.775. The van der Waals surface area contributed by atoms with Crippen LogP contribution in [0.25, 0.3) is 209 Å². The fraction of sp³-hybridized carbons (Fsp3) is 0. The zero-order valence-electron chi connectivity index (χ0n) is 55.8. The molecule has 0 fully saturated rings. The van der Waals surface area contributed by atoms with Gasteiger partial charge >= 0.3 is 0 Å². The Hall–Kier alpha value is -14.2. The Morgan fingerprint density at radius 2 is 0.567 bits per heavy atom. The highest BCUT2D eigenvalue weighted by Crippen LogP contribution is 2.39. The number of pyridine rings is 10. The van der Waals surface area contributed by atoms with E-state index in [1.165, 1.54) is 0 Å². The number of rotatable bonds is 8. The number of hydrogen-bond acceptors (Lipinski definition) is 10. The van der Waals surface area contributed by atoms with Crippen LogP contribution in [0.2, 0.25) is 0 Å². The molecule has 0 radical (unpaired) electrons. The first-order chi connectivity index (χ1) is 51.4. The number of fused-ring (bicyclic) bond motifs is 13. The van der Waals surface area contributed by atoms with Crippen molar-refractivity contribution >= 4 is 120 Å². The van der Waals surface area contributed by atoms with Crippen LogP contribution >= 0.6 is 0 Å². The topological polar surface area (TPSA) is 129 Å². The molecule has 21 aromatic rings. The average molecular weight is 1330 g/mol. The summed E-state index contributed by atoms with van der Waals surface area (Å²) in [7, 11) is 0. The van der Waals surface area contributed by atoms with Crippen LogP contribution in [0.15, 0.2) is 341 Å². The fourth-order valence-electron chi connectivity index (χ4n) is 14.8. The predicted molar refractivity (Wildman–Crippen MR) is 427 cm³/mol. The van der Waals surface area contributed by atoms with Crippen molar-refractivity contribution in [3.63, 3.8) is 0 Å². The molecule has 0 N–H and O–H groups in total. The molecule has 104 heavy (non-hydrogen) atoms. The van der Waals surface area contributed by atoms with Crippen LogP contribution in [-0.4, -0.2) is 49.8 Å². The van der Waals surface area contributed by atoms with Gasteiger partial charge in [-0.2, -0.15) is 0 Å². The monoisotopic (exact) mass is 1320 g/mol. The molecule has 0 aliphatic rings. The van der Waals surface area contributed by atoms with Crippen molar-refractivity contribution in [1.29, 1.82) is 0 Å². The number of aromatic nitrogens is 10. The van der Waals surface area contributed by atoms with Crippen molar-refractivity contribution < 1.29 is 0 Å². The van der Waals surface area contributed by atoms with E-state index in [-0.39, 0.29) is 0 Å². The molecule has 0 amide bonds. The molecule has 0 saturated heterocycles. The van der Waals surface area contributed by atoms with E-state index in [0.29, 0.717) is 0 Å². The van der Waals surface area contributed by atoms with E-state index in [1.54, 1.807) is 0 Å². The minimum absolute atomic E-state index is 0.920. The Morgan fingerprint density at radius 3 is 1.16 bits per heavy atom. The molecule has 11 aromatic carbocycles. The maximum atomic E-state index is 5.11.